The Kier molecular flexibility index (Phi) is 3.78. The number of rotatable bonds is 3. The summed E-state index contributed by atoms with van der Waals surface area (Å²) in [7, 11) is 0. The van der Waals surface area contributed by atoms with Crippen molar-refractivity contribution in [3.8, 4) is 17.7 Å². The number of halogens is 1. The van der Waals surface area contributed by atoms with E-state index in [0.717, 1.165) is 5.56 Å². The van der Waals surface area contributed by atoms with Crippen molar-refractivity contribution in [3.05, 3.63) is 52.7 Å². The van der Waals surface area contributed by atoms with Crippen LogP contribution in [0.2, 0.25) is 5.15 Å². The fourth-order valence-corrected chi connectivity index (χ4v) is 1.62. The van der Waals surface area contributed by atoms with Crippen LogP contribution in [-0.4, -0.2) is 10.1 Å². The molecule has 0 aliphatic rings. The molecular formula is C13H9ClN2O2. The molecule has 0 aliphatic heterocycles. The zero-order valence-corrected chi connectivity index (χ0v) is 10.1. The van der Waals surface area contributed by atoms with E-state index in [2.05, 4.69) is 4.98 Å². The Labute approximate surface area is 109 Å². The summed E-state index contributed by atoms with van der Waals surface area (Å²) in [6, 6.07) is 11.9. The lowest BCUT2D eigenvalue weighted by Gasteiger charge is -2.06. The molecule has 2 rings (SSSR count). The van der Waals surface area contributed by atoms with Gasteiger partial charge in [-0.25, -0.2) is 4.98 Å². The molecule has 0 unspecified atom stereocenters. The second-order valence-electron chi connectivity index (χ2n) is 3.54. The summed E-state index contributed by atoms with van der Waals surface area (Å²) < 4.78 is 5.49. The minimum Gasteiger partial charge on any atom is -0.439 e. The fourth-order valence-electron chi connectivity index (χ4n) is 1.42. The van der Waals surface area contributed by atoms with Crippen LogP contribution in [0.5, 0.6) is 11.6 Å². The smallest absolute Gasteiger partial charge is 0.221 e. The molecule has 0 aliphatic carbocycles. The van der Waals surface area contributed by atoms with E-state index in [1.54, 1.807) is 24.3 Å². The predicted molar refractivity (Wildman–Crippen MR) is 66.4 cm³/mol. The lowest BCUT2D eigenvalue weighted by Crippen LogP contribution is -1.91. The molecule has 1 N–H and O–H groups in total. The second kappa shape index (κ2) is 5.50. The molecule has 0 bridgehead atoms. The van der Waals surface area contributed by atoms with E-state index in [0.29, 0.717) is 11.3 Å². The zero-order valence-electron chi connectivity index (χ0n) is 9.30. The maximum absolute atomic E-state index is 9.02. The first kappa shape index (κ1) is 12.4. The standard InChI is InChI=1S/C13H9ClN2O2/c14-12-5-10(7-15)6-13(16-12)18-11-3-1-2-9(4-11)8-17/h1-6,17H,8H2. The Hall–Kier alpha value is -2.09. The minimum absolute atomic E-state index is 0.0659. The van der Waals surface area contributed by atoms with Gasteiger partial charge in [-0.15, -0.1) is 0 Å². The number of aromatic nitrogens is 1. The summed E-state index contributed by atoms with van der Waals surface area (Å²) in [5.74, 6) is 0.773. The van der Waals surface area contributed by atoms with Crippen molar-refractivity contribution in [1.82, 2.24) is 4.98 Å². The van der Waals surface area contributed by atoms with Crippen LogP contribution in [-0.2, 0) is 6.61 Å². The molecule has 90 valence electrons. The van der Waals surface area contributed by atoms with E-state index in [4.69, 9.17) is 26.7 Å². The Bertz CT molecular complexity index is 608. The highest BCUT2D eigenvalue weighted by molar-refractivity contribution is 6.29. The van der Waals surface area contributed by atoms with E-state index < -0.39 is 0 Å². The van der Waals surface area contributed by atoms with Crippen molar-refractivity contribution >= 4 is 11.6 Å². The molecule has 1 aromatic heterocycles. The number of hydrogen-bond donors (Lipinski definition) is 1. The van der Waals surface area contributed by atoms with Gasteiger partial charge < -0.3 is 9.84 Å². The van der Waals surface area contributed by atoms with Crippen LogP contribution in [0.15, 0.2) is 36.4 Å². The van der Waals surface area contributed by atoms with Crippen molar-refractivity contribution < 1.29 is 9.84 Å². The summed E-state index contributed by atoms with van der Waals surface area (Å²) in [6.07, 6.45) is 0. The van der Waals surface area contributed by atoms with Gasteiger partial charge in [0.15, 0.2) is 0 Å². The summed E-state index contributed by atoms with van der Waals surface area (Å²) >= 11 is 5.77. The van der Waals surface area contributed by atoms with E-state index in [1.165, 1.54) is 12.1 Å². The van der Waals surface area contributed by atoms with Crippen LogP contribution in [0.4, 0.5) is 0 Å². The van der Waals surface area contributed by atoms with E-state index in [1.807, 2.05) is 6.07 Å². The molecule has 0 amide bonds. The SMILES string of the molecule is N#Cc1cc(Cl)nc(Oc2cccc(CO)c2)c1. The Morgan fingerprint density at radius 2 is 2.17 bits per heavy atom. The maximum atomic E-state index is 9.02. The third-order valence-electron chi connectivity index (χ3n) is 2.20. The fraction of sp³-hybridized carbons (Fsp3) is 0.0769. The average Bonchev–Trinajstić information content (AvgIpc) is 2.38. The van der Waals surface area contributed by atoms with Gasteiger partial charge in [0.2, 0.25) is 5.88 Å². The molecule has 1 heterocycles. The third kappa shape index (κ3) is 2.98. The summed E-state index contributed by atoms with van der Waals surface area (Å²) in [4.78, 5) is 3.96. The van der Waals surface area contributed by atoms with Crippen molar-refractivity contribution in [1.29, 1.82) is 5.26 Å². The zero-order chi connectivity index (χ0) is 13.0. The molecule has 0 spiro atoms. The van der Waals surface area contributed by atoms with Crippen molar-refractivity contribution in [2.45, 2.75) is 6.61 Å². The maximum Gasteiger partial charge on any atom is 0.221 e. The number of aliphatic hydroxyl groups is 1. The summed E-state index contributed by atoms with van der Waals surface area (Å²) in [6.45, 7) is -0.0659. The number of hydrogen-bond acceptors (Lipinski definition) is 4. The molecule has 0 radical (unpaired) electrons. The molecule has 18 heavy (non-hydrogen) atoms. The Morgan fingerprint density at radius 3 is 2.89 bits per heavy atom. The minimum atomic E-state index is -0.0659. The molecule has 0 fully saturated rings. The third-order valence-corrected chi connectivity index (χ3v) is 2.40. The van der Waals surface area contributed by atoms with E-state index in [9.17, 15) is 0 Å². The van der Waals surface area contributed by atoms with Crippen LogP contribution < -0.4 is 4.74 Å². The first-order valence-corrected chi connectivity index (χ1v) is 5.54. The van der Waals surface area contributed by atoms with Crippen LogP contribution in [0, 0.1) is 11.3 Å². The van der Waals surface area contributed by atoms with Gasteiger partial charge in [0.25, 0.3) is 0 Å². The number of nitrogens with zero attached hydrogens (tertiary/aromatic N) is 2. The normalized spacial score (nSPS) is 9.83. The summed E-state index contributed by atoms with van der Waals surface area (Å²) in [5.41, 5.74) is 1.11. The van der Waals surface area contributed by atoms with Crippen molar-refractivity contribution in [2.24, 2.45) is 0 Å². The van der Waals surface area contributed by atoms with Gasteiger partial charge in [-0.05, 0) is 23.8 Å². The monoisotopic (exact) mass is 260 g/mol. The first-order valence-electron chi connectivity index (χ1n) is 5.16. The van der Waals surface area contributed by atoms with Crippen molar-refractivity contribution in [2.75, 3.05) is 0 Å². The van der Waals surface area contributed by atoms with Gasteiger partial charge in [0.05, 0.1) is 18.2 Å². The van der Waals surface area contributed by atoms with E-state index >= 15 is 0 Å². The average molecular weight is 261 g/mol. The highest BCUT2D eigenvalue weighted by atomic mass is 35.5. The molecule has 4 nitrogen and oxygen atoms in total. The molecule has 5 heteroatoms. The predicted octanol–water partition coefficient (Wildman–Crippen LogP) is 2.89. The summed E-state index contributed by atoms with van der Waals surface area (Å²) in [5, 5.41) is 18.0. The first-order chi connectivity index (χ1) is 8.71. The van der Waals surface area contributed by atoms with Gasteiger partial charge in [0, 0.05) is 6.07 Å². The number of ether oxygens (including phenoxy) is 1. The van der Waals surface area contributed by atoms with Gasteiger partial charge >= 0.3 is 0 Å². The number of benzene rings is 1. The molecule has 0 saturated heterocycles. The van der Waals surface area contributed by atoms with Gasteiger partial charge in [-0.1, -0.05) is 23.7 Å². The highest BCUT2D eigenvalue weighted by Gasteiger charge is 2.04. The van der Waals surface area contributed by atoms with Gasteiger partial charge in [-0.3, -0.25) is 0 Å². The largest absolute Gasteiger partial charge is 0.439 e. The molecular weight excluding hydrogens is 252 g/mol. The molecule has 0 atom stereocenters. The van der Waals surface area contributed by atoms with Gasteiger partial charge in [0.1, 0.15) is 10.9 Å². The topological polar surface area (TPSA) is 66.1 Å². The Balaban J connectivity index is 2.28. The van der Waals surface area contributed by atoms with Crippen LogP contribution in [0.3, 0.4) is 0 Å². The lowest BCUT2D eigenvalue weighted by atomic mass is 10.2. The van der Waals surface area contributed by atoms with Crippen LogP contribution in [0.25, 0.3) is 0 Å². The van der Waals surface area contributed by atoms with E-state index in [-0.39, 0.29) is 17.6 Å². The molecule has 0 saturated carbocycles. The number of pyridine rings is 1. The molecule has 2 aromatic rings. The van der Waals surface area contributed by atoms with Crippen LogP contribution >= 0.6 is 11.6 Å². The number of aliphatic hydroxyl groups excluding tert-OH is 1. The van der Waals surface area contributed by atoms with Gasteiger partial charge in [-0.2, -0.15) is 5.26 Å². The number of nitriles is 1. The highest BCUT2D eigenvalue weighted by Crippen LogP contribution is 2.23. The quantitative estimate of drug-likeness (QED) is 0.862. The lowest BCUT2D eigenvalue weighted by molar-refractivity contribution is 0.281. The second-order valence-corrected chi connectivity index (χ2v) is 3.92. The Morgan fingerprint density at radius 1 is 1.33 bits per heavy atom. The molecule has 1 aromatic carbocycles. The van der Waals surface area contributed by atoms with Crippen molar-refractivity contribution in [3.63, 3.8) is 0 Å². The van der Waals surface area contributed by atoms with Crippen LogP contribution in [0.1, 0.15) is 11.1 Å².